The maximum Gasteiger partial charge on any atom is 0.253 e. The maximum absolute atomic E-state index is 12.5. The van der Waals surface area contributed by atoms with Crippen molar-refractivity contribution in [2.24, 2.45) is 0 Å². The number of hydrogen-bond donors (Lipinski definition) is 1. The summed E-state index contributed by atoms with van der Waals surface area (Å²) in [6.45, 7) is 3.22. The van der Waals surface area contributed by atoms with Crippen LogP contribution in [-0.4, -0.2) is 53.5 Å². The number of carbonyl (C=O) groups is 1. The summed E-state index contributed by atoms with van der Waals surface area (Å²) in [6, 6.07) is 14.3. The highest BCUT2D eigenvalue weighted by Gasteiger charge is 2.24. The molecule has 0 aromatic heterocycles. The van der Waals surface area contributed by atoms with Crippen molar-refractivity contribution in [1.82, 2.24) is 9.80 Å². The Bertz CT molecular complexity index is 728. The number of β-amino-alcohol motifs (C(OH)–C–C–N with tert-alkyl or cyclic N) is 1. The summed E-state index contributed by atoms with van der Waals surface area (Å²) in [6.07, 6.45) is -0.632. The first-order chi connectivity index (χ1) is 12.0. The predicted octanol–water partition coefficient (Wildman–Crippen LogP) is 3.48. The molecule has 0 saturated carbocycles. The van der Waals surface area contributed by atoms with Crippen LogP contribution < -0.4 is 0 Å². The van der Waals surface area contributed by atoms with E-state index in [1.807, 2.05) is 23.1 Å². The maximum atomic E-state index is 12.5. The lowest BCUT2D eigenvalue weighted by Gasteiger charge is -2.35. The lowest BCUT2D eigenvalue weighted by Crippen LogP contribution is -2.49. The Hall–Kier alpha value is -1.59. The molecule has 25 heavy (non-hydrogen) atoms. The Morgan fingerprint density at radius 2 is 1.64 bits per heavy atom. The van der Waals surface area contributed by atoms with Crippen LogP contribution in [0.4, 0.5) is 0 Å². The largest absolute Gasteiger partial charge is 0.387 e. The Morgan fingerprint density at radius 1 is 1.00 bits per heavy atom. The molecule has 132 valence electrons. The number of halogens is 2. The average Bonchev–Trinajstić information content (AvgIpc) is 2.63. The number of amides is 1. The Balaban J connectivity index is 1.54. The van der Waals surface area contributed by atoms with Gasteiger partial charge in [0.25, 0.3) is 5.91 Å². The van der Waals surface area contributed by atoms with Crippen LogP contribution in [0.1, 0.15) is 22.0 Å². The molecule has 1 amide bonds. The van der Waals surface area contributed by atoms with Crippen LogP contribution >= 0.6 is 23.2 Å². The normalized spacial score (nSPS) is 16.7. The summed E-state index contributed by atoms with van der Waals surface area (Å²) < 4.78 is 0. The molecule has 0 aliphatic carbocycles. The predicted molar refractivity (Wildman–Crippen MR) is 100 cm³/mol. The molecule has 1 fully saturated rings. The van der Waals surface area contributed by atoms with E-state index < -0.39 is 6.10 Å². The summed E-state index contributed by atoms with van der Waals surface area (Å²) in [5.41, 5.74) is 1.39. The van der Waals surface area contributed by atoms with Gasteiger partial charge in [-0.15, -0.1) is 0 Å². The molecule has 1 N–H and O–H groups in total. The molecule has 3 rings (SSSR count). The van der Waals surface area contributed by atoms with Crippen LogP contribution in [0.25, 0.3) is 0 Å². The van der Waals surface area contributed by atoms with Crippen molar-refractivity contribution < 1.29 is 9.90 Å². The molecule has 1 saturated heterocycles. The van der Waals surface area contributed by atoms with Gasteiger partial charge in [0.15, 0.2) is 0 Å². The molecule has 2 aromatic carbocycles. The number of carbonyl (C=O) groups excluding carboxylic acids is 1. The number of piperazine rings is 1. The molecule has 0 radical (unpaired) electrons. The molecule has 2 aromatic rings. The van der Waals surface area contributed by atoms with Gasteiger partial charge in [-0.25, -0.2) is 0 Å². The van der Waals surface area contributed by atoms with E-state index >= 15 is 0 Å². The molecular weight excluding hydrogens is 359 g/mol. The van der Waals surface area contributed by atoms with E-state index in [1.54, 1.807) is 30.3 Å². The second-order valence-electron chi connectivity index (χ2n) is 6.14. The second kappa shape index (κ2) is 8.19. The third-order valence-electron chi connectivity index (χ3n) is 4.45. The number of hydrogen-bond acceptors (Lipinski definition) is 3. The molecule has 1 atom stereocenters. The summed E-state index contributed by atoms with van der Waals surface area (Å²) in [5.74, 6) is 0.0166. The molecular formula is C19H20Cl2N2O2. The molecule has 1 aliphatic rings. The van der Waals surface area contributed by atoms with Crippen molar-refractivity contribution >= 4 is 29.1 Å². The highest BCUT2D eigenvalue weighted by Crippen LogP contribution is 2.23. The minimum absolute atomic E-state index is 0.0166. The van der Waals surface area contributed by atoms with Crippen LogP contribution in [0.5, 0.6) is 0 Å². The van der Waals surface area contributed by atoms with E-state index in [-0.39, 0.29) is 5.91 Å². The average molecular weight is 379 g/mol. The van der Waals surface area contributed by atoms with Crippen molar-refractivity contribution in [3.8, 4) is 0 Å². The fourth-order valence-corrected chi connectivity index (χ4v) is 3.38. The minimum atomic E-state index is -0.632. The van der Waals surface area contributed by atoms with Gasteiger partial charge in [0, 0.05) is 53.9 Å². The van der Waals surface area contributed by atoms with E-state index in [2.05, 4.69) is 4.90 Å². The summed E-state index contributed by atoms with van der Waals surface area (Å²) in [4.78, 5) is 16.5. The molecule has 6 heteroatoms. The zero-order chi connectivity index (χ0) is 17.8. The summed E-state index contributed by atoms with van der Waals surface area (Å²) in [5, 5.41) is 11.6. The van der Waals surface area contributed by atoms with Crippen LogP contribution in [-0.2, 0) is 0 Å². The third-order valence-corrected chi connectivity index (χ3v) is 5.04. The highest BCUT2D eigenvalue weighted by molar-refractivity contribution is 6.31. The number of rotatable bonds is 4. The lowest BCUT2D eigenvalue weighted by atomic mass is 10.1. The first kappa shape index (κ1) is 18.2. The van der Waals surface area contributed by atoms with Gasteiger partial charge in [-0.2, -0.15) is 0 Å². The van der Waals surface area contributed by atoms with Gasteiger partial charge >= 0.3 is 0 Å². The number of aliphatic hydroxyl groups is 1. The monoisotopic (exact) mass is 378 g/mol. The zero-order valence-electron chi connectivity index (χ0n) is 13.7. The van der Waals surface area contributed by atoms with Gasteiger partial charge in [-0.1, -0.05) is 41.4 Å². The van der Waals surface area contributed by atoms with Crippen LogP contribution in [0.3, 0.4) is 0 Å². The molecule has 1 aliphatic heterocycles. The van der Waals surface area contributed by atoms with Crippen LogP contribution in [0.2, 0.25) is 10.0 Å². The minimum Gasteiger partial charge on any atom is -0.387 e. The Morgan fingerprint density at radius 3 is 2.28 bits per heavy atom. The Labute approximate surface area is 157 Å². The molecule has 4 nitrogen and oxygen atoms in total. The SMILES string of the molecule is O=C(c1ccc(Cl)cc1)N1CCN(C[C@@H](O)c2ccccc2Cl)CC1. The van der Waals surface area contributed by atoms with E-state index in [1.165, 1.54) is 0 Å². The second-order valence-corrected chi connectivity index (χ2v) is 6.98. The van der Waals surface area contributed by atoms with Gasteiger partial charge in [-0.3, -0.25) is 9.69 Å². The van der Waals surface area contributed by atoms with Crippen LogP contribution in [0, 0.1) is 0 Å². The van der Waals surface area contributed by atoms with Gasteiger partial charge in [0.2, 0.25) is 0 Å². The molecule has 0 spiro atoms. The molecule has 1 heterocycles. The highest BCUT2D eigenvalue weighted by atomic mass is 35.5. The molecule has 0 bridgehead atoms. The van der Waals surface area contributed by atoms with Crippen molar-refractivity contribution in [2.45, 2.75) is 6.10 Å². The first-order valence-electron chi connectivity index (χ1n) is 8.24. The fraction of sp³-hybridized carbons (Fsp3) is 0.316. The number of benzene rings is 2. The van der Waals surface area contributed by atoms with E-state index in [0.717, 1.165) is 18.7 Å². The topological polar surface area (TPSA) is 43.8 Å². The van der Waals surface area contributed by atoms with Crippen molar-refractivity contribution in [3.63, 3.8) is 0 Å². The van der Waals surface area contributed by atoms with Crippen LogP contribution in [0.15, 0.2) is 48.5 Å². The lowest BCUT2D eigenvalue weighted by molar-refractivity contribution is 0.0528. The third kappa shape index (κ3) is 4.53. The smallest absolute Gasteiger partial charge is 0.253 e. The summed E-state index contributed by atoms with van der Waals surface area (Å²) in [7, 11) is 0. The summed E-state index contributed by atoms with van der Waals surface area (Å²) >= 11 is 12.0. The van der Waals surface area contributed by atoms with Gasteiger partial charge in [0.05, 0.1) is 6.10 Å². The van der Waals surface area contributed by atoms with E-state index in [0.29, 0.717) is 35.2 Å². The van der Waals surface area contributed by atoms with Gasteiger partial charge in [-0.05, 0) is 30.3 Å². The van der Waals surface area contributed by atoms with Crippen molar-refractivity contribution in [3.05, 3.63) is 69.7 Å². The zero-order valence-corrected chi connectivity index (χ0v) is 15.2. The van der Waals surface area contributed by atoms with Gasteiger partial charge < -0.3 is 10.0 Å². The Kier molecular flexibility index (Phi) is 5.97. The van der Waals surface area contributed by atoms with Crippen molar-refractivity contribution in [2.75, 3.05) is 32.7 Å². The first-order valence-corrected chi connectivity index (χ1v) is 9.00. The number of aliphatic hydroxyl groups excluding tert-OH is 1. The van der Waals surface area contributed by atoms with Crippen molar-refractivity contribution in [1.29, 1.82) is 0 Å². The van der Waals surface area contributed by atoms with E-state index in [4.69, 9.17) is 23.2 Å². The number of nitrogens with zero attached hydrogens (tertiary/aromatic N) is 2. The molecule has 0 unspecified atom stereocenters. The fourth-order valence-electron chi connectivity index (χ4n) is 3.00. The van der Waals surface area contributed by atoms with Gasteiger partial charge in [0.1, 0.15) is 0 Å². The van der Waals surface area contributed by atoms with E-state index in [9.17, 15) is 9.90 Å². The standard InChI is InChI=1S/C19H20Cl2N2O2/c20-15-7-5-14(6-8-15)19(25)23-11-9-22(10-12-23)13-18(24)16-3-1-2-4-17(16)21/h1-8,18,24H,9-13H2/t18-/m1/s1. The quantitative estimate of drug-likeness (QED) is 0.885.